The zero-order valence-electron chi connectivity index (χ0n) is 24.2. The Labute approximate surface area is 222 Å². The molecule has 1 aliphatic rings. The van der Waals surface area contributed by atoms with Gasteiger partial charge in [-0.05, 0) is 92.6 Å². The average molecular weight is 522 g/mol. The van der Waals surface area contributed by atoms with E-state index in [9.17, 15) is 4.79 Å². The number of methoxy groups -OCH3 is 1. The zero-order chi connectivity index (χ0) is 27.3. The highest BCUT2D eigenvalue weighted by Crippen LogP contribution is 2.45. The lowest BCUT2D eigenvalue weighted by atomic mass is 9.70. The summed E-state index contributed by atoms with van der Waals surface area (Å²) >= 11 is 0. The van der Waals surface area contributed by atoms with E-state index in [4.69, 9.17) is 9.16 Å². The van der Waals surface area contributed by atoms with Crippen molar-refractivity contribution >= 4 is 19.9 Å². The molecule has 1 aliphatic carbocycles. The van der Waals surface area contributed by atoms with Crippen LogP contribution < -0.4 is 0 Å². The van der Waals surface area contributed by atoms with E-state index in [-0.39, 0.29) is 16.9 Å². The van der Waals surface area contributed by atoms with Gasteiger partial charge >= 0.3 is 5.97 Å². The Morgan fingerprint density at radius 3 is 2.38 bits per heavy atom. The third-order valence-electron chi connectivity index (χ3n) is 8.68. The zero-order valence-corrected chi connectivity index (χ0v) is 25.2. The van der Waals surface area contributed by atoms with Gasteiger partial charge in [-0.2, -0.15) is 0 Å². The predicted molar refractivity (Wildman–Crippen MR) is 151 cm³/mol. The SMILES string of the molecule is COC(=O)C(C)(C)C(c1ccc(C)c(CO[Si](C)(C)C(C)(C)C)c1)c1ccn2c(C3CC3)nnc2c1C. The smallest absolute Gasteiger partial charge is 0.312 e. The molecule has 0 bridgehead atoms. The molecule has 1 unspecified atom stereocenters. The van der Waals surface area contributed by atoms with Gasteiger partial charge < -0.3 is 9.16 Å². The molecule has 4 rings (SSSR count). The van der Waals surface area contributed by atoms with E-state index in [1.807, 2.05) is 13.8 Å². The number of benzene rings is 1. The molecule has 0 saturated heterocycles. The van der Waals surface area contributed by atoms with Crippen LogP contribution in [-0.4, -0.2) is 36.0 Å². The van der Waals surface area contributed by atoms with Crippen LogP contribution in [0.2, 0.25) is 18.1 Å². The van der Waals surface area contributed by atoms with Crippen LogP contribution in [0.15, 0.2) is 30.5 Å². The monoisotopic (exact) mass is 521 g/mol. The molecule has 2 aromatic heterocycles. The number of rotatable bonds is 8. The van der Waals surface area contributed by atoms with Gasteiger partial charge in [-0.25, -0.2) is 0 Å². The lowest BCUT2D eigenvalue weighted by Gasteiger charge is -2.36. The maximum atomic E-state index is 13.1. The minimum Gasteiger partial charge on any atom is -0.469 e. The lowest BCUT2D eigenvalue weighted by Crippen LogP contribution is -2.40. The van der Waals surface area contributed by atoms with E-state index in [0.29, 0.717) is 12.5 Å². The minimum absolute atomic E-state index is 0.137. The van der Waals surface area contributed by atoms with Crippen molar-refractivity contribution in [1.29, 1.82) is 0 Å². The topological polar surface area (TPSA) is 65.7 Å². The van der Waals surface area contributed by atoms with E-state index >= 15 is 0 Å². The summed E-state index contributed by atoms with van der Waals surface area (Å²) in [6.07, 6.45) is 4.41. The van der Waals surface area contributed by atoms with E-state index in [2.05, 4.69) is 92.8 Å². The van der Waals surface area contributed by atoms with Crippen LogP contribution in [0, 0.1) is 19.3 Å². The second-order valence-corrected chi connectivity index (χ2v) is 17.6. The van der Waals surface area contributed by atoms with E-state index < -0.39 is 13.7 Å². The molecule has 7 heteroatoms. The number of aryl methyl sites for hydroxylation is 2. The van der Waals surface area contributed by atoms with E-state index in [1.165, 1.54) is 25.5 Å². The molecule has 0 aliphatic heterocycles. The Morgan fingerprint density at radius 1 is 1.11 bits per heavy atom. The summed E-state index contributed by atoms with van der Waals surface area (Å²) in [5, 5.41) is 9.20. The number of fused-ring (bicyclic) bond motifs is 1. The first-order valence-corrected chi connectivity index (χ1v) is 16.3. The van der Waals surface area contributed by atoms with Crippen LogP contribution in [0.3, 0.4) is 0 Å². The summed E-state index contributed by atoms with van der Waals surface area (Å²) in [6.45, 7) is 20.1. The number of carbonyl (C=O) groups excluding carboxylic acids is 1. The van der Waals surface area contributed by atoms with Gasteiger partial charge in [0.25, 0.3) is 0 Å². The fraction of sp³-hybridized carbons (Fsp3) is 0.567. The van der Waals surface area contributed by atoms with E-state index in [0.717, 1.165) is 33.7 Å². The van der Waals surface area contributed by atoms with Gasteiger partial charge in [0.1, 0.15) is 5.82 Å². The Kier molecular flexibility index (Phi) is 7.18. The minimum atomic E-state index is -1.91. The molecule has 200 valence electrons. The van der Waals surface area contributed by atoms with Crippen molar-refractivity contribution in [2.75, 3.05) is 7.11 Å². The number of nitrogens with zero attached hydrogens (tertiary/aromatic N) is 3. The average Bonchev–Trinajstić information content (AvgIpc) is 3.57. The quantitative estimate of drug-likeness (QED) is 0.234. The summed E-state index contributed by atoms with van der Waals surface area (Å²) in [5.41, 5.74) is 5.59. The molecule has 0 amide bonds. The van der Waals surface area contributed by atoms with Crippen molar-refractivity contribution in [3.8, 4) is 0 Å². The number of carbonyl (C=O) groups is 1. The number of aromatic nitrogens is 3. The number of esters is 1. The fourth-order valence-corrected chi connectivity index (χ4v) is 5.86. The number of ether oxygens (including phenoxy) is 1. The van der Waals surface area contributed by atoms with Gasteiger partial charge in [-0.1, -0.05) is 39.0 Å². The normalized spacial score (nSPS) is 15.7. The standard InChI is InChI=1S/C30H43N3O3Si/c1-19-11-12-22(17-23(19)18-36-37(9,10)29(3,4)5)25(30(6,7)28(34)35-8)24-15-16-33-26(20(24)2)31-32-27(33)21-13-14-21/h11-12,15-17,21,25H,13-14,18H2,1-10H3. The molecule has 0 spiro atoms. The third-order valence-corrected chi connectivity index (χ3v) is 13.2. The van der Waals surface area contributed by atoms with Crippen molar-refractivity contribution in [3.63, 3.8) is 0 Å². The fourth-order valence-electron chi connectivity index (χ4n) is 4.91. The molecule has 1 saturated carbocycles. The van der Waals surface area contributed by atoms with Crippen LogP contribution in [-0.2, 0) is 20.6 Å². The first-order chi connectivity index (χ1) is 17.2. The van der Waals surface area contributed by atoms with Gasteiger partial charge in [-0.3, -0.25) is 9.20 Å². The molecule has 0 radical (unpaired) electrons. The van der Waals surface area contributed by atoms with Crippen molar-refractivity contribution < 1.29 is 14.0 Å². The van der Waals surface area contributed by atoms with Gasteiger partial charge in [0.2, 0.25) is 0 Å². The van der Waals surface area contributed by atoms with Crippen LogP contribution in [0.1, 0.15) is 92.9 Å². The lowest BCUT2D eigenvalue weighted by molar-refractivity contribution is -0.151. The number of hydrogen-bond donors (Lipinski definition) is 0. The maximum Gasteiger partial charge on any atom is 0.312 e. The highest BCUT2D eigenvalue weighted by Gasteiger charge is 2.42. The van der Waals surface area contributed by atoms with Gasteiger partial charge in [0.05, 0.1) is 19.1 Å². The highest BCUT2D eigenvalue weighted by molar-refractivity contribution is 6.74. The molecular formula is C30H43N3O3Si. The van der Waals surface area contributed by atoms with Crippen LogP contribution >= 0.6 is 0 Å². The second-order valence-electron chi connectivity index (χ2n) is 12.8. The summed E-state index contributed by atoms with van der Waals surface area (Å²) < 4.78 is 14.0. The van der Waals surface area contributed by atoms with Gasteiger partial charge in [-0.15, -0.1) is 10.2 Å². The maximum absolute atomic E-state index is 13.1. The summed E-state index contributed by atoms with van der Waals surface area (Å²) in [5.74, 6) is 1.08. The van der Waals surface area contributed by atoms with Crippen molar-refractivity contribution in [2.24, 2.45) is 5.41 Å². The molecule has 37 heavy (non-hydrogen) atoms. The molecule has 6 nitrogen and oxygen atoms in total. The molecule has 0 N–H and O–H groups in total. The Bertz CT molecular complexity index is 1320. The van der Waals surface area contributed by atoms with Crippen molar-refractivity contribution in [2.45, 2.75) is 97.9 Å². The first-order valence-electron chi connectivity index (χ1n) is 13.3. The van der Waals surface area contributed by atoms with Gasteiger partial charge in [0.15, 0.2) is 14.0 Å². The Morgan fingerprint density at radius 2 is 1.78 bits per heavy atom. The largest absolute Gasteiger partial charge is 0.469 e. The van der Waals surface area contributed by atoms with Crippen LogP contribution in [0.25, 0.3) is 5.65 Å². The second kappa shape index (κ2) is 9.66. The predicted octanol–water partition coefficient (Wildman–Crippen LogP) is 7.08. The summed E-state index contributed by atoms with van der Waals surface area (Å²) in [7, 11) is -0.449. The molecule has 1 atom stereocenters. The molecule has 1 aromatic carbocycles. The molecule has 1 fully saturated rings. The number of pyridine rings is 1. The summed E-state index contributed by atoms with van der Waals surface area (Å²) in [6, 6.07) is 8.65. The summed E-state index contributed by atoms with van der Waals surface area (Å²) in [4.78, 5) is 13.1. The van der Waals surface area contributed by atoms with E-state index in [1.54, 1.807) is 0 Å². The highest BCUT2D eigenvalue weighted by atomic mass is 28.4. The number of hydrogen-bond acceptors (Lipinski definition) is 5. The molecular weight excluding hydrogens is 478 g/mol. The van der Waals surface area contributed by atoms with Crippen molar-refractivity contribution in [1.82, 2.24) is 14.6 Å². The molecule has 3 aromatic rings. The van der Waals surface area contributed by atoms with Crippen molar-refractivity contribution in [3.05, 3.63) is 64.1 Å². The van der Waals surface area contributed by atoms with Crippen LogP contribution in [0.4, 0.5) is 0 Å². The molecule has 2 heterocycles. The first kappa shape index (κ1) is 27.5. The van der Waals surface area contributed by atoms with Crippen LogP contribution in [0.5, 0.6) is 0 Å². The Hall–Kier alpha value is -2.51. The Balaban J connectivity index is 1.81. The third kappa shape index (κ3) is 5.12. The van der Waals surface area contributed by atoms with Gasteiger partial charge in [0, 0.05) is 18.0 Å².